The minimum absolute atomic E-state index is 0.0452. The highest BCUT2D eigenvalue weighted by Crippen LogP contribution is 2.32. The molecule has 160 valence electrons. The Bertz CT molecular complexity index is 1280. The number of anilines is 1. The van der Waals surface area contributed by atoms with E-state index in [1.165, 1.54) is 5.38 Å². The van der Waals surface area contributed by atoms with Gasteiger partial charge in [0, 0.05) is 11.6 Å². The number of amides is 1. The molecule has 0 saturated carbocycles. The summed E-state index contributed by atoms with van der Waals surface area (Å²) in [5, 5.41) is 3.99. The van der Waals surface area contributed by atoms with E-state index < -0.39 is 23.1 Å². The second-order valence-corrected chi connectivity index (χ2v) is 7.16. The summed E-state index contributed by atoms with van der Waals surface area (Å²) in [4.78, 5) is 55.6. The van der Waals surface area contributed by atoms with Gasteiger partial charge < -0.3 is 19.2 Å². The van der Waals surface area contributed by atoms with Crippen molar-refractivity contribution in [2.45, 2.75) is 13.5 Å². The summed E-state index contributed by atoms with van der Waals surface area (Å²) < 4.78 is 16.3. The lowest BCUT2D eigenvalue weighted by molar-refractivity contribution is 0.0520. The molecule has 2 aromatic heterocycles. The number of aromatic amines is 1. The molecule has 3 aromatic rings. The van der Waals surface area contributed by atoms with Gasteiger partial charge in [0.25, 0.3) is 11.5 Å². The van der Waals surface area contributed by atoms with Gasteiger partial charge in [-0.2, -0.15) is 0 Å². The van der Waals surface area contributed by atoms with Crippen LogP contribution in [0.4, 0.5) is 5.13 Å². The van der Waals surface area contributed by atoms with Crippen molar-refractivity contribution in [2.75, 3.05) is 18.7 Å². The lowest BCUT2D eigenvalue weighted by Gasteiger charge is -2.08. The molecule has 0 atom stereocenters. The number of ether oxygens (including phenoxy) is 3. The van der Waals surface area contributed by atoms with Crippen LogP contribution in [-0.2, 0) is 11.3 Å². The molecule has 0 unspecified atom stereocenters. The summed E-state index contributed by atoms with van der Waals surface area (Å²) in [6, 6.07) is 5.03. The summed E-state index contributed by atoms with van der Waals surface area (Å²) in [7, 11) is 0. The summed E-state index contributed by atoms with van der Waals surface area (Å²) in [5.41, 5.74) is -1.07. The van der Waals surface area contributed by atoms with Gasteiger partial charge in [0.05, 0.1) is 13.2 Å². The number of rotatable bonds is 6. The van der Waals surface area contributed by atoms with Crippen molar-refractivity contribution < 1.29 is 23.8 Å². The number of thiazole rings is 1. The minimum atomic E-state index is -0.777. The van der Waals surface area contributed by atoms with Crippen molar-refractivity contribution in [1.82, 2.24) is 14.5 Å². The maximum Gasteiger partial charge on any atom is 0.357 e. The number of carbonyl (C=O) groups is 2. The number of carbonyl (C=O) groups excluding carboxylic acids is 2. The molecule has 0 saturated heterocycles. The molecule has 11 nitrogen and oxygen atoms in total. The lowest BCUT2D eigenvalue weighted by Crippen LogP contribution is -2.39. The number of benzene rings is 1. The summed E-state index contributed by atoms with van der Waals surface area (Å²) in [6.45, 7) is 1.88. The molecule has 3 heterocycles. The number of H-pyrrole nitrogens is 1. The third-order valence-electron chi connectivity index (χ3n) is 4.29. The van der Waals surface area contributed by atoms with Crippen LogP contribution >= 0.6 is 11.3 Å². The maximum absolute atomic E-state index is 12.8. The third kappa shape index (κ3) is 4.19. The number of hydrogen-bond donors (Lipinski definition) is 2. The second kappa shape index (κ2) is 8.44. The van der Waals surface area contributed by atoms with E-state index in [-0.39, 0.29) is 36.3 Å². The Balaban J connectivity index is 1.56. The molecule has 4 rings (SSSR count). The molecule has 12 heteroatoms. The van der Waals surface area contributed by atoms with E-state index in [2.05, 4.69) is 15.3 Å². The second-order valence-electron chi connectivity index (χ2n) is 6.30. The topological polar surface area (TPSA) is 142 Å². The highest BCUT2D eigenvalue weighted by atomic mass is 32.1. The summed E-state index contributed by atoms with van der Waals surface area (Å²) in [6.07, 6.45) is 1.04. The van der Waals surface area contributed by atoms with Crippen molar-refractivity contribution in [3.8, 4) is 11.5 Å². The first-order valence-electron chi connectivity index (χ1n) is 9.11. The Morgan fingerprint density at radius 3 is 2.90 bits per heavy atom. The molecule has 0 radical (unpaired) electrons. The number of esters is 1. The summed E-state index contributed by atoms with van der Waals surface area (Å²) in [5.74, 6) is -0.305. The van der Waals surface area contributed by atoms with E-state index in [4.69, 9.17) is 14.2 Å². The fraction of sp³-hybridized carbons (Fsp3) is 0.211. The zero-order valence-electron chi connectivity index (χ0n) is 16.2. The van der Waals surface area contributed by atoms with Crippen LogP contribution < -0.4 is 26.0 Å². The van der Waals surface area contributed by atoms with Gasteiger partial charge in [-0.1, -0.05) is 6.07 Å². The van der Waals surface area contributed by atoms with Crippen LogP contribution in [0.5, 0.6) is 11.5 Å². The van der Waals surface area contributed by atoms with Crippen LogP contribution in [0.2, 0.25) is 0 Å². The van der Waals surface area contributed by atoms with Crippen LogP contribution in [0.1, 0.15) is 33.3 Å². The van der Waals surface area contributed by atoms with Gasteiger partial charge in [0.2, 0.25) is 6.79 Å². The van der Waals surface area contributed by atoms with Crippen LogP contribution in [-0.4, -0.2) is 39.8 Å². The number of fused-ring (bicyclic) bond motifs is 1. The Morgan fingerprint density at radius 1 is 1.29 bits per heavy atom. The van der Waals surface area contributed by atoms with Gasteiger partial charge in [-0.25, -0.2) is 14.6 Å². The number of nitrogens with zero attached hydrogens (tertiary/aromatic N) is 2. The van der Waals surface area contributed by atoms with Gasteiger partial charge >= 0.3 is 11.7 Å². The van der Waals surface area contributed by atoms with Crippen molar-refractivity contribution in [3.63, 3.8) is 0 Å². The third-order valence-corrected chi connectivity index (χ3v) is 5.05. The van der Waals surface area contributed by atoms with Gasteiger partial charge in [-0.05, 0) is 24.6 Å². The minimum Gasteiger partial charge on any atom is -0.461 e. The highest BCUT2D eigenvalue weighted by Gasteiger charge is 2.19. The van der Waals surface area contributed by atoms with E-state index in [9.17, 15) is 19.2 Å². The van der Waals surface area contributed by atoms with Crippen molar-refractivity contribution >= 4 is 28.3 Å². The van der Waals surface area contributed by atoms with E-state index in [0.717, 1.165) is 22.1 Å². The smallest absolute Gasteiger partial charge is 0.357 e. The molecular formula is C19H16N4O7S. The molecule has 2 N–H and O–H groups in total. The van der Waals surface area contributed by atoms with Crippen LogP contribution in [0.15, 0.2) is 39.4 Å². The van der Waals surface area contributed by atoms with Crippen LogP contribution in [0, 0.1) is 0 Å². The first kappa shape index (κ1) is 20.3. The van der Waals surface area contributed by atoms with E-state index in [1.54, 1.807) is 25.1 Å². The van der Waals surface area contributed by atoms with Gasteiger partial charge in [-0.15, -0.1) is 11.3 Å². The quantitative estimate of drug-likeness (QED) is 0.540. The Labute approximate surface area is 178 Å². The average molecular weight is 444 g/mol. The first-order valence-corrected chi connectivity index (χ1v) is 9.99. The standard InChI is InChI=1S/C19H16N4O7S/c1-2-28-17(26)12-8-31-18(21-12)22-15(24)11-6-20-19(27)23(16(11)25)7-10-3-4-13-14(5-10)30-9-29-13/h3-6,8H,2,7,9H2,1H3,(H,20,27)(H,21,22,24). The largest absolute Gasteiger partial charge is 0.461 e. The monoisotopic (exact) mass is 444 g/mol. The van der Waals surface area contributed by atoms with E-state index >= 15 is 0 Å². The normalized spacial score (nSPS) is 11.9. The fourth-order valence-electron chi connectivity index (χ4n) is 2.83. The number of hydrogen-bond acceptors (Lipinski definition) is 9. The van der Waals surface area contributed by atoms with E-state index in [1.807, 2.05) is 0 Å². The first-order chi connectivity index (χ1) is 15.0. The Morgan fingerprint density at radius 2 is 2.10 bits per heavy atom. The van der Waals surface area contributed by atoms with Crippen LogP contribution in [0.25, 0.3) is 0 Å². The molecule has 0 fully saturated rings. The zero-order chi connectivity index (χ0) is 22.0. The van der Waals surface area contributed by atoms with E-state index in [0.29, 0.717) is 17.1 Å². The molecule has 1 aliphatic rings. The average Bonchev–Trinajstić information content (AvgIpc) is 3.40. The predicted molar refractivity (Wildman–Crippen MR) is 109 cm³/mol. The van der Waals surface area contributed by atoms with Gasteiger partial charge in [-0.3, -0.25) is 19.5 Å². The predicted octanol–water partition coefficient (Wildman–Crippen LogP) is 1.20. The molecular weight excluding hydrogens is 428 g/mol. The Kier molecular flexibility index (Phi) is 5.54. The van der Waals surface area contributed by atoms with Crippen molar-refractivity contribution in [1.29, 1.82) is 0 Å². The highest BCUT2D eigenvalue weighted by molar-refractivity contribution is 7.14. The zero-order valence-corrected chi connectivity index (χ0v) is 17.0. The van der Waals surface area contributed by atoms with Crippen molar-refractivity contribution in [2.24, 2.45) is 0 Å². The molecule has 0 bridgehead atoms. The molecule has 0 aliphatic carbocycles. The maximum atomic E-state index is 12.8. The number of nitrogens with one attached hydrogen (secondary N) is 2. The molecule has 0 spiro atoms. The van der Waals surface area contributed by atoms with Crippen LogP contribution in [0.3, 0.4) is 0 Å². The molecule has 1 aliphatic heterocycles. The fourth-order valence-corrected chi connectivity index (χ4v) is 3.51. The number of aromatic nitrogens is 3. The Hall–Kier alpha value is -3.93. The van der Waals surface area contributed by atoms with Gasteiger partial charge in [0.15, 0.2) is 22.3 Å². The molecule has 31 heavy (non-hydrogen) atoms. The molecule has 1 amide bonds. The van der Waals surface area contributed by atoms with Gasteiger partial charge in [0.1, 0.15) is 5.56 Å². The van der Waals surface area contributed by atoms with Crippen molar-refractivity contribution in [3.05, 3.63) is 67.4 Å². The SMILES string of the molecule is CCOC(=O)c1csc(NC(=O)c2c[nH]c(=O)n(Cc3ccc4c(c3)OCO4)c2=O)n1. The molecule has 1 aromatic carbocycles. The lowest BCUT2D eigenvalue weighted by atomic mass is 10.2. The summed E-state index contributed by atoms with van der Waals surface area (Å²) >= 11 is 1.00.